The molecule has 1 fully saturated rings. The van der Waals surface area contributed by atoms with E-state index in [1.807, 2.05) is 31.8 Å². The van der Waals surface area contributed by atoms with Gasteiger partial charge in [-0.1, -0.05) is 0 Å². The Hall–Kier alpha value is -0.810. The Morgan fingerprint density at radius 3 is 3.12 bits per heavy atom. The van der Waals surface area contributed by atoms with E-state index in [0.717, 1.165) is 35.4 Å². The lowest BCUT2D eigenvalue weighted by Gasteiger charge is -2.09. The average Bonchev–Trinajstić information content (AvgIpc) is 2.81. The summed E-state index contributed by atoms with van der Waals surface area (Å²) in [6.07, 6.45) is 2.84. The van der Waals surface area contributed by atoms with E-state index in [2.05, 4.69) is 15.3 Å². The highest BCUT2D eigenvalue weighted by Gasteiger charge is 2.15. The van der Waals surface area contributed by atoms with E-state index < -0.39 is 0 Å². The van der Waals surface area contributed by atoms with Gasteiger partial charge in [0.05, 0.1) is 11.9 Å². The van der Waals surface area contributed by atoms with Crippen LogP contribution in [0, 0.1) is 6.92 Å². The van der Waals surface area contributed by atoms with Gasteiger partial charge in [-0.2, -0.15) is 11.8 Å². The number of nitrogens with one attached hydrogen (secondary N) is 1. The lowest BCUT2D eigenvalue weighted by Crippen LogP contribution is -2.08. The molecular weight excluding hydrogens is 234 g/mol. The highest BCUT2D eigenvalue weighted by Crippen LogP contribution is 2.19. The molecule has 1 aromatic rings. The Balaban J connectivity index is 1.83. The molecule has 1 aromatic heterocycles. The molecule has 0 saturated carbocycles. The second kappa shape index (κ2) is 6.21. The van der Waals surface area contributed by atoms with Gasteiger partial charge in [0.2, 0.25) is 0 Å². The molecule has 0 spiro atoms. The van der Waals surface area contributed by atoms with E-state index in [0.29, 0.717) is 6.10 Å². The molecule has 0 radical (unpaired) electrons. The standard InChI is InChI=1S/C12H19N3OS/c1-9-6-11(13-2)15-12(14-9)8-17-7-10-4-3-5-16-10/h6,10H,3-5,7-8H2,1-2H3,(H,13,14,15). The summed E-state index contributed by atoms with van der Waals surface area (Å²) in [5.74, 6) is 3.70. The number of aryl methyl sites for hydroxylation is 1. The molecule has 1 aliphatic heterocycles. The van der Waals surface area contributed by atoms with E-state index >= 15 is 0 Å². The van der Waals surface area contributed by atoms with Gasteiger partial charge < -0.3 is 10.1 Å². The summed E-state index contributed by atoms with van der Waals surface area (Å²) in [6.45, 7) is 2.92. The molecule has 0 bridgehead atoms. The number of hydrogen-bond donors (Lipinski definition) is 1. The first-order valence-electron chi connectivity index (χ1n) is 5.99. The van der Waals surface area contributed by atoms with Crippen LogP contribution in [0.3, 0.4) is 0 Å². The van der Waals surface area contributed by atoms with Crippen LogP contribution >= 0.6 is 11.8 Å². The van der Waals surface area contributed by atoms with Crippen molar-refractivity contribution in [1.29, 1.82) is 0 Å². The van der Waals surface area contributed by atoms with Gasteiger partial charge in [-0.05, 0) is 19.8 Å². The highest BCUT2D eigenvalue weighted by molar-refractivity contribution is 7.98. The molecule has 4 nitrogen and oxygen atoms in total. The Morgan fingerprint density at radius 2 is 2.41 bits per heavy atom. The zero-order chi connectivity index (χ0) is 12.1. The number of aromatic nitrogens is 2. The van der Waals surface area contributed by atoms with Gasteiger partial charge in [0, 0.05) is 31.2 Å². The van der Waals surface area contributed by atoms with Gasteiger partial charge in [-0.15, -0.1) is 0 Å². The minimum absolute atomic E-state index is 0.438. The Bertz CT molecular complexity index is 367. The van der Waals surface area contributed by atoms with Crippen molar-refractivity contribution in [2.24, 2.45) is 0 Å². The SMILES string of the molecule is CNc1cc(C)nc(CSCC2CCCO2)n1. The van der Waals surface area contributed by atoms with Gasteiger partial charge in [-0.3, -0.25) is 0 Å². The van der Waals surface area contributed by atoms with Crippen LogP contribution in [-0.4, -0.2) is 35.5 Å². The van der Waals surface area contributed by atoms with Crippen LogP contribution in [0.25, 0.3) is 0 Å². The zero-order valence-corrected chi connectivity index (χ0v) is 11.2. The third-order valence-corrected chi connectivity index (χ3v) is 3.79. The molecule has 1 atom stereocenters. The number of nitrogens with zero attached hydrogens (tertiary/aromatic N) is 2. The topological polar surface area (TPSA) is 47.0 Å². The van der Waals surface area contributed by atoms with Crippen LogP contribution in [-0.2, 0) is 10.5 Å². The Morgan fingerprint density at radius 1 is 1.53 bits per heavy atom. The van der Waals surface area contributed by atoms with Gasteiger partial charge in [0.25, 0.3) is 0 Å². The number of hydrogen-bond acceptors (Lipinski definition) is 5. The smallest absolute Gasteiger partial charge is 0.140 e. The molecule has 1 aliphatic rings. The first-order chi connectivity index (χ1) is 8.28. The number of rotatable bonds is 5. The molecule has 1 unspecified atom stereocenters. The molecule has 1 saturated heterocycles. The van der Waals surface area contributed by atoms with Crippen LogP contribution in [0.4, 0.5) is 5.82 Å². The van der Waals surface area contributed by atoms with E-state index in [4.69, 9.17) is 4.74 Å². The summed E-state index contributed by atoms with van der Waals surface area (Å²) < 4.78 is 5.59. The van der Waals surface area contributed by atoms with E-state index in [9.17, 15) is 0 Å². The van der Waals surface area contributed by atoms with Crippen molar-refractivity contribution in [2.45, 2.75) is 31.6 Å². The van der Waals surface area contributed by atoms with Crippen LogP contribution in [0.5, 0.6) is 0 Å². The van der Waals surface area contributed by atoms with Crippen molar-refractivity contribution < 1.29 is 4.74 Å². The van der Waals surface area contributed by atoms with Crippen LogP contribution in [0.15, 0.2) is 6.07 Å². The van der Waals surface area contributed by atoms with Gasteiger partial charge in [-0.25, -0.2) is 9.97 Å². The lowest BCUT2D eigenvalue weighted by molar-refractivity contribution is 0.129. The molecule has 2 rings (SSSR count). The quantitative estimate of drug-likeness (QED) is 0.872. The molecule has 0 amide bonds. The maximum atomic E-state index is 5.59. The van der Waals surface area contributed by atoms with E-state index in [-0.39, 0.29) is 0 Å². The zero-order valence-electron chi connectivity index (χ0n) is 10.4. The first-order valence-corrected chi connectivity index (χ1v) is 7.15. The largest absolute Gasteiger partial charge is 0.377 e. The minimum atomic E-state index is 0.438. The predicted octanol–water partition coefficient (Wildman–Crippen LogP) is 2.24. The highest BCUT2D eigenvalue weighted by atomic mass is 32.2. The fourth-order valence-corrected chi connectivity index (χ4v) is 2.84. The maximum Gasteiger partial charge on any atom is 0.140 e. The molecular formula is C12H19N3OS. The van der Waals surface area contributed by atoms with Crippen molar-refractivity contribution in [1.82, 2.24) is 9.97 Å². The van der Waals surface area contributed by atoms with Crippen LogP contribution in [0.2, 0.25) is 0 Å². The number of thioether (sulfide) groups is 1. The molecule has 94 valence electrons. The summed E-state index contributed by atoms with van der Waals surface area (Å²) >= 11 is 1.85. The third kappa shape index (κ3) is 3.85. The summed E-state index contributed by atoms with van der Waals surface area (Å²) in [5, 5.41) is 3.05. The van der Waals surface area contributed by atoms with Gasteiger partial charge in [0.15, 0.2) is 0 Å². The van der Waals surface area contributed by atoms with Crippen molar-refractivity contribution >= 4 is 17.6 Å². The lowest BCUT2D eigenvalue weighted by atomic mass is 10.3. The third-order valence-electron chi connectivity index (χ3n) is 2.72. The Labute approximate surface area is 107 Å². The fourth-order valence-electron chi connectivity index (χ4n) is 1.88. The maximum absolute atomic E-state index is 5.59. The second-order valence-electron chi connectivity index (χ2n) is 4.21. The predicted molar refractivity (Wildman–Crippen MR) is 71.5 cm³/mol. The summed E-state index contributed by atoms with van der Waals surface area (Å²) in [7, 11) is 1.88. The van der Waals surface area contributed by atoms with Crippen LogP contribution < -0.4 is 5.32 Å². The summed E-state index contributed by atoms with van der Waals surface area (Å²) in [4.78, 5) is 8.87. The van der Waals surface area contributed by atoms with Gasteiger partial charge in [0.1, 0.15) is 11.6 Å². The summed E-state index contributed by atoms with van der Waals surface area (Å²) in [5.41, 5.74) is 1.01. The normalized spacial score (nSPS) is 19.5. The molecule has 5 heteroatoms. The monoisotopic (exact) mass is 253 g/mol. The second-order valence-corrected chi connectivity index (χ2v) is 5.24. The number of ether oxygens (including phenoxy) is 1. The van der Waals surface area contributed by atoms with Crippen molar-refractivity contribution in [3.8, 4) is 0 Å². The van der Waals surface area contributed by atoms with Gasteiger partial charge >= 0.3 is 0 Å². The minimum Gasteiger partial charge on any atom is -0.377 e. The first kappa shape index (κ1) is 12.6. The van der Waals surface area contributed by atoms with E-state index in [1.165, 1.54) is 12.8 Å². The van der Waals surface area contributed by atoms with Crippen molar-refractivity contribution in [3.05, 3.63) is 17.6 Å². The fraction of sp³-hybridized carbons (Fsp3) is 0.667. The molecule has 0 aromatic carbocycles. The molecule has 17 heavy (non-hydrogen) atoms. The van der Waals surface area contributed by atoms with Crippen LogP contribution in [0.1, 0.15) is 24.4 Å². The number of anilines is 1. The Kier molecular flexibility index (Phi) is 4.62. The van der Waals surface area contributed by atoms with E-state index in [1.54, 1.807) is 0 Å². The molecule has 1 N–H and O–H groups in total. The molecule has 2 heterocycles. The van der Waals surface area contributed by atoms with Crippen molar-refractivity contribution in [3.63, 3.8) is 0 Å². The summed E-state index contributed by atoms with van der Waals surface area (Å²) in [6, 6.07) is 1.95. The van der Waals surface area contributed by atoms with Crippen molar-refractivity contribution in [2.75, 3.05) is 24.7 Å². The average molecular weight is 253 g/mol. The molecule has 0 aliphatic carbocycles.